The molecule has 4 heterocycles. The highest BCUT2D eigenvalue weighted by Crippen LogP contribution is 2.46. The van der Waals surface area contributed by atoms with Gasteiger partial charge in [0.25, 0.3) is 0 Å². The summed E-state index contributed by atoms with van der Waals surface area (Å²) in [5.41, 5.74) is 3.65. The molecule has 0 radical (unpaired) electrons. The third kappa shape index (κ3) is 4.16. The Kier molecular flexibility index (Phi) is 6.30. The third-order valence-electron chi connectivity index (χ3n) is 9.66. The predicted octanol–water partition coefficient (Wildman–Crippen LogP) is 3.38. The Balaban J connectivity index is 1.30. The topological polar surface area (TPSA) is 60.3 Å². The van der Waals surface area contributed by atoms with E-state index >= 15 is 0 Å². The van der Waals surface area contributed by atoms with E-state index in [0.29, 0.717) is 30.4 Å². The van der Waals surface area contributed by atoms with Crippen LogP contribution >= 0.6 is 0 Å². The fourth-order valence-electron chi connectivity index (χ4n) is 7.80. The first kappa shape index (κ1) is 23.0. The van der Waals surface area contributed by atoms with Crippen LogP contribution in [0.25, 0.3) is 0 Å². The van der Waals surface area contributed by atoms with Crippen LogP contribution in [-0.4, -0.2) is 43.1 Å². The summed E-state index contributed by atoms with van der Waals surface area (Å²) >= 11 is 0. The number of amides is 1. The largest absolute Gasteiger partial charge is 0.444 e. The van der Waals surface area contributed by atoms with Gasteiger partial charge in [0, 0.05) is 25.6 Å². The van der Waals surface area contributed by atoms with Gasteiger partial charge in [0.2, 0.25) is 5.91 Å². The number of piperidine rings is 1. The number of carbonyl (C=O) groups is 1. The van der Waals surface area contributed by atoms with E-state index in [1.165, 1.54) is 43.2 Å². The maximum absolute atomic E-state index is 14.5. The van der Waals surface area contributed by atoms with Crippen molar-refractivity contribution in [3.05, 3.63) is 59.3 Å². The van der Waals surface area contributed by atoms with Crippen molar-refractivity contribution in [1.29, 1.82) is 0 Å². The standard InChI is InChI=1S/C30H39N3O2/c1-21-12-13-25-28(32-21)35-17-15-30(25)20-31-19-26(30)29(34)33-16-14-24(22-8-4-2-5-9-22)18-27(33)23-10-6-3-7-11-23/h2,4-5,8-9,12-13,23-24,26-27,31H,3,6-7,10-11,14-20H2,1H3/p+2/t24-,26+,27+,30+/m1/s1. The number of aromatic amines is 1. The summed E-state index contributed by atoms with van der Waals surface area (Å²) in [6.45, 7) is 5.52. The highest BCUT2D eigenvalue weighted by Gasteiger charge is 2.57. The van der Waals surface area contributed by atoms with Crippen molar-refractivity contribution in [1.82, 2.24) is 4.90 Å². The average molecular weight is 476 g/mol. The predicted molar refractivity (Wildman–Crippen MR) is 135 cm³/mol. The van der Waals surface area contributed by atoms with Gasteiger partial charge in [-0.25, -0.2) is 0 Å². The summed E-state index contributed by atoms with van der Waals surface area (Å²) < 4.78 is 6.05. The number of ether oxygens (including phenoxy) is 1. The quantitative estimate of drug-likeness (QED) is 0.740. The molecule has 5 nitrogen and oxygen atoms in total. The molecule has 6 rings (SSSR count). The van der Waals surface area contributed by atoms with Crippen molar-refractivity contribution >= 4 is 5.91 Å². The second kappa shape index (κ2) is 9.57. The van der Waals surface area contributed by atoms with Gasteiger partial charge in [-0.3, -0.25) is 4.79 Å². The molecule has 2 saturated heterocycles. The number of nitrogens with zero attached hydrogens (tertiary/aromatic N) is 1. The van der Waals surface area contributed by atoms with E-state index in [0.717, 1.165) is 50.5 Å². The molecule has 1 saturated carbocycles. The number of hydrogen-bond acceptors (Lipinski definition) is 2. The molecular formula is C30H41N3O2+2. The Morgan fingerprint density at radius 1 is 1.09 bits per heavy atom. The van der Waals surface area contributed by atoms with Crippen LogP contribution in [0.4, 0.5) is 0 Å². The van der Waals surface area contributed by atoms with E-state index in [1.807, 2.05) is 0 Å². The van der Waals surface area contributed by atoms with Crippen molar-refractivity contribution < 1.29 is 19.8 Å². The number of benzene rings is 1. The lowest BCUT2D eigenvalue weighted by molar-refractivity contribution is -0.640. The maximum atomic E-state index is 14.5. The highest BCUT2D eigenvalue weighted by atomic mass is 16.5. The molecule has 2 aromatic rings. The zero-order valence-corrected chi connectivity index (χ0v) is 21.2. The summed E-state index contributed by atoms with van der Waals surface area (Å²) in [4.78, 5) is 20.3. The molecule has 1 aromatic carbocycles. The van der Waals surface area contributed by atoms with Crippen LogP contribution in [0.15, 0.2) is 42.5 Å². The molecule has 0 unspecified atom stereocenters. The molecule has 3 N–H and O–H groups in total. The molecular weight excluding hydrogens is 434 g/mol. The van der Waals surface area contributed by atoms with Gasteiger partial charge in [-0.15, -0.1) is 0 Å². The summed E-state index contributed by atoms with van der Waals surface area (Å²) in [7, 11) is 0. The SMILES string of the molecule is Cc1ccc2c([nH+]1)OCC[C@]21C[NH2+]C[C@H]1C(=O)N1CC[C@@H](c2ccccc2)C[C@H]1C1CCCCC1. The molecule has 3 aliphatic heterocycles. The fourth-order valence-corrected chi connectivity index (χ4v) is 7.80. The molecule has 1 spiro atoms. The smallest absolute Gasteiger partial charge is 0.370 e. The molecule has 5 heteroatoms. The Labute approximate surface area is 209 Å². The third-order valence-corrected chi connectivity index (χ3v) is 9.66. The van der Waals surface area contributed by atoms with Gasteiger partial charge in [0.1, 0.15) is 5.92 Å². The van der Waals surface area contributed by atoms with Gasteiger partial charge in [0.05, 0.1) is 30.7 Å². The molecule has 4 atom stereocenters. The summed E-state index contributed by atoms with van der Waals surface area (Å²) in [5.74, 6) is 2.54. The Bertz CT molecular complexity index is 1050. The summed E-state index contributed by atoms with van der Waals surface area (Å²) in [5, 5.41) is 2.38. The number of fused-ring (bicyclic) bond motifs is 2. The lowest BCUT2D eigenvalue weighted by atomic mass is 9.68. The van der Waals surface area contributed by atoms with Crippen molar-refractivity contribution in [2.45, 2.75) is 75.7 Å². The van der Waals surface area contributed by atoms with Crippen LogP contribution in [0.2, 0.25) is 0 Å². The van der Waals surface area contributed by atoms with Crippen LogP contribution in [0.3, 0.4) is 0 Å². The maximum Gasteiger partial charge on any atom is 0.370 e. The van der Waals surface area contributed by atoms with Crippen molar-refractivity contribution in [2.24, 2.45) is 11.8 Å². The Morgan fingerprint density at radius 2 is 1.91 bits per heavy atom. The minimum Gasteiger partial charge on any atom is -0.444 e. The first-order valence-corrected chi connectivity index (χ1v) is 14.0. The number of aryl methyl sites for hydroxylation is 1. The number of pyridine rings is 1. The highest BCUT2D eigenvalue weighted by molar-refractivity contribution is 5.82. The average Bonchev–Trinajstić information content (AvgIpc) is 3.32. The number of carbonyl (C=O) groups excluding carboxylic acids is 1. The molecule has 186 valence electrons. The first-order chi connectivity index (χ1) is 17.2. The second-order valence-corrected chi connectivity index (χ2v) is 11.5. The van der Waals surface area contributed by atoms with Gasteiger partial charge in [-0.1, -0.05) is 49.6 Å². The van der Waals surface area contributed by atoms with E-state index in [-0.39, 0.29) is 11.3 Å². The monoisotopic (exact) mass is 475 g/mol. The van der Waals surface area contributed by atoms with Crippen LogP contribution in [0.1, 0.15) is 74.1 Å². The van der Waals surface area contributed by atoms with Gasteiger partial charge >= 0.3 is 5.88 Å². The van der Waals surface area contributed by atoms with E-state index in [4.69, 9.17) is 4.74 Å². The number of quaternary nitrogens is 1. The molecule has 35 heavy (non-hydrogen) atoms. The number of rotatable bonds is 3. The lowest BCUT2D eigenvalue weighted by Gasteiger charge is -2.47. The zero-order chi connectivity index (χ0) is 23.8. The molecule has 4 aliphatic rings. The number of H-pyrrole nitrogens is 1. The molecule has 1 aliphatic carbocycles. The Hall–Kier alpha value is -2.40. The number of nitrogens with one attached hydrogen (secondary N) is 1. The van der Waals surface area contributed by atoms with Gasteiger partial charge in [-0.2, -0.15) is 4.98 Å². The molecule has 0 bridgehead atoms. The summed E-state index contributed by atoms with van der Waals surface area (Å²) in [6.07, 6.45) is 9.68. The van der Waals surface area contributed by atoms with E-state index in [2.05, 4.69) is 64.6 Å². The Morgan fingerprint density at radius 3 is 2.74 bits per heavy atom. The number of nitrogens with two attached hydrogens (primary N) is 1. The summed E-state index contributed by atoms with van der Waals surface area (Å²) in [6, 6.07) is 15.8. The molecule has 3 fully saturated rings. The van der Waals surface area contributed by atoms with E-state index < -0.39 is 0 Å². The van der Waals surface area contributed by atoms with E-state index in [1.54, 1.807) is 0 Å². The van der Waals surface area contributed by atoms with Crippen LogP contribution in [0, 0.1) is 18.8 Å². The normalized spacial score (nSPS) is 31.2. The first-order valence-electron chi connectivity index (χ1n) is 14.0. The lowest BCUT2D eigenvalue weighted by Crippen LogP contribution is -2.82. The van der Waals surface area contributed by atoms with Crippen LogP contribution in [-0.2, 0) is 10.2 Å². The van der Waals surface area contributed by atoms with Crippen molar-refractivity contribution in [3.63, 3.8) is 0 Å². The van der Waals surface area contributed by atoms with Gasteiger partial charge < -0.3 is 15.0 Å². The fraction of sp³-hybridized carbons (Fsp3) is 0.600. The number of likely N-dealkylation sites (tertiary alicyclic amines) is 1. The van der Waals surface area contributed by atoms with Crippen molar-refractivity contribution in [3.8, 4) is 5.88 Å². The molecule has 1 aromatic heterocycles. The van der Waals surface area contributed by atoms with Crippen LogP contribution in [0.5, 0.6) is 5.88 Å². The van der Waals surface area contributed by atoms with Crippen molar-refractivity contribution in [2.75, 3.05) is 26.2 Å². The number of aromatic nitrogens is 1. The second-order valence-electron chi connectivity index (χ2n) is 11.5. The number of hydrogen-bond donors (Lipinski definition) is 1. The van der Waals surface area contributed by atoms with Crippen LogP contribution < -0.4 is 15.0 Å². The van der Waals surface area contributed by atoms with Gasteiger partial charge in [0.15, 0.2) is 5.69 Å². The van der Waals surface area contributed by atoms with E-state index in [9.17, 15) is 4.79 Å². The van der Waals surface area contributed by atoms with Gasteiger partial charge in [-0.05, 0) is 55.6 Å². The zero-order valence-electron chi connectivity index (χ0n) is 21.2. The minimum atomic E-state index is -0.123. The minimum absolute atomic E-state index is 0.0284. The molecule has 1 amide bonds.